The zero-order valence-electron chi connectivity index (χ0n) is 10.2. The highest BCUT2D eigenvalue weighted by Gasteiger charge is 2.13. The van der Waals surface area contributed by atoms with Crippen molar-refractivity contribution in [2.75, 3.05) is 20.8 Å². The zero-order valence-corrected chi connectivity index (χ0v) is 10.2. The van der Waals surface area contributed by atoms with Crippen molar-refractivity contribution < 1.29 is 4.74 Å². The molecule has 86 valence electrons. The molecule has 1 N–H and O–H groups in total. The molecule has 3 heteroatoms. The first-order valence-electron chi connectivity index (χ1n) is 5.51. The van der Waals surface area contributed by atoms with Crippen molar-refractivity contribution in [3.05, 3.63) is 24.0 Å². The summed E-state index contributed by atoms with van der Waals surface area (Å²) in [6.45, 7) is 6.15. The summed E-state index contributed by atoms with van der Waals surface area (Å²) in [5.41, 5.74) is 1.35. The van der Waals surface area contributed by atoms with E-state index in [1.165, 1.54) is 5.56 Å². The Morgan fingerprint density at radius 1 is 1.47 bits per heavy atom. The average Bonchev–Trinajstić information content (AvgIpc) is 2.64. The van der Waals surface area contributed by atoms with Crippen LogP contribution in [0.25, 0.3) is 0 Å². The van der Waals surface area contributed by atoms with Gasteiger partial charge in [0, 0.05) is 32.1 Å². The monoisotopic (exact) mass is 210 g/mol. The van der Waals surface area contributed by atoms with Gasteiger partial charge in [-0.2, -0.15) is 0 Å². The number of nitrogens with one attached hydrogen (secondary N) is 1. The molecule has 0 aromatic carbocycles. The Morgan fingerprint density at radius 3 is 2.73 bits per heavy atom. The molecule has 1 aromatic rings. The SMILES string of the molecule is CNC(c1ccn(CCOC)c1)C(C)C. The molecule has 0 radical (unpaired) electrons. The topological polar surface area (TPSA) is 26.2 Å². The first-order valence-corrected chi connectivity index (χ1v) is 5.51. The van der Waals surface area contributed by atoms with Crippen molar-refractivity contribution in [2.45, 2.75) is 26.4 Å². The van der Waals surface area contributed by atoms with Gasteiger partial charge in [-0.1, -0.05) is 13.8 Å². The van der Waals surface area contributed by atoms with Crippen molar-refractivity contribution in [2.24, 2.45) is 5.92 Å². The van der Waals surface area contributed by atoms with Crippen molar-refractivity contribution in [3.63, 3.8) is 0 Å². The largest absolute Gasteiger partial charge is 0.383 e. The normalized spacial score (nSPS) is 13.4. The van der Waals surface area contributed by atoms with Gasteiger partial charge in [-0.3, -0.25) is 0 Å². The molecule has 1 unspecified atom stereocenters. The van der Waals surface area contributed by atoms with E-state index in [2.05, 4.69) is 42.2 Å². The molecule has 1 rings (SSSR count). The Balaban J connectivity index is 2.65. The van der Waals surface area contributed by atoms with Gasteiger partial charge in [0.15, 0.2) is 0 Å². The van der Waals surface area contributed by atoms with Gasteiger partial charge >= 0.3 is 0 Å². The van der Waals surface area contributed by atoms with Gasteiger partial charge in [0.1, 0.15) is 0 Å². The van der Waals surface area contributed by atoms with Gasteiger partial charge in [0.2, 0.25) is 0 Å². The summed E-state index contributed by atoms with van der Waals surface area (Å²) in [4.78, 5) is 0. The Morgan fingerprint density at radius 2 is 2.20 bits per heavy atom. The number of methoxy groups -OCH3 is 1. The lowest BCUT2D eigenvalue weighted by Gasteiger charge is -2.18. The summed E-state index contributed by atoms with van der Waals surface area (Å²) in [5.74, 6) is 0.605. The smallest absolute Gasteiger partial charge is 0.0641 e. The second kappa shape index (κ2) is 5.93. The summed E-state index contributed by atoms with van der Waals surface area (Å²) in [6.07, 6.45) is 4.31. The number of hydrogen-bond acceptors (Lipinski definition) is 2. The van der Waals surface area contributed by atoms with Crippen molar-refractivity contribution in [1.29, 1.82) is 0 Å². The lowest BCUT2D eigenvalue weighted by molar-refractivity contribution is 0.187. The number of nitrogens with zero attached hydrogens (tertiary/aromatic N) is 1. The number of rotatable bonds is 6. The van der Waals surface area contributed by atoms with E-state index < -0.39 is 0 Å². The van der Waals surface area contributed by atoms with E-state index in [1.807, 2.05) is 7.05 Å². The van der Waals surface area contributed by atoms with Gasteiger partial charge in [0.05, 0.1) is 6.61 Å². The minimum atomic E-state index is 0.439. The van der Waals surface area contributed by atoms with E-state index in [4.69, 9.17) is 4.74 Å². The van der Waals surface area contributed by atoms with Gasteiger partial charge in [-0.15, -0.1) is 0 Å². The second-order valence-electron chi connectivity index (χ2n) is 4.19. The van der Waals surface area contributed by atoms with Crippen LogP contribution in [0.3, 0.4) is 0 Å². The highest BCUT2D eigenvalue weighted by atomic mass is 16.5. The molecule has 0 aliphatic rings. The van der Waals surface area contributed by atoms with Crippen LogP contribution in [-0.2, 0) is 11.3 Å². The zero-order chi connectivity index (χ0) is 11.3. The van der Waals surface area contributed by atoms with E-state index in [1.54, 1.807) is 7.11 Å². The maximum Gasteiger partial charge on any atom is 0.0641 e. The van der Waals surface area contributed by atoms with Crippen LogP contribution in [0.2, 0.25) is 0 Å². The summed E-state index contributed by atoms with van der Waals surface area (Å²) < 4.78 is 7.22. The maximum absolute atomic E-state index is 5.05. The summed E-state index contributed by atoms with van der Waals surface area (Å²) in [5, 5.41) is 3.34. The highest BCUT2D eigenvalue weighted by Crippen LogP contribution is 2.21. The number of hydrogen-bond donors (Lipinski definition) is 1. The Bertz CT molecular complexity index is 281. The van der Waals surface area contributed by atoms with Crippen molar-refractivity contribution in [1.82, 2.24) is 9.88 Å². The number of ether oxygens (including phenoxy) is 1. The summed E-state index contributed by atoms with van der Waals surface area (Å²) in [7, 11) is 3.74. The second-order valence-corrected chi connectivity index (χ2v) is 4.19. The van der Waals surface area contributed by atoms with E-state index >= 15 is 0 Å². The van der Waals surface area contributed by atoms with Crippen LogP contribution in [-0.4, -0.2) is 25.3 Å². The molecule has 0 bridgehead atoms. The Kier molecular flexibility index (Phi) is 4.85. The molecule has 0 amide bonds. The van der Waals surface area contributed by atoms with E-state index in [-0.39, 0.29) is 0 Å². The van der Waals surface area contributed by atoms with Crippen molar-refractivity contribution in [3.8, 4) is 0 Å². The van der Waals surface area contributed by atoms with Crippen LogP contribution in [0.4, 0.5) is 0 Å². The molecule has 0 spiro atoms. The Labute approximate surface area is 92.4 Å². The summed E-state index contributed by atoms with van der Waals surface area (Å²) in [6, 6.07) is 2.62. The molecular weight excluding hydrogens is 188 g/mol. The van der Waals surface area contributed by atoms with Crippen LogP contribution in [0.1, 0.15) is 25.5 Å². The van der Waals surface area contributed by atoms with E-state index in [0.29, 0.717) is 12.0 Å². The average molecular weight is 210 g/mol. The molecule has 0 saturated carbocycles. The first-order chi connectivity index (χ1) is 7.19. The van der Waals surface area contributed by atoms with Crippen molar-refractivity contribution >= 4 is 0 Å². The van der Waals surface area contributed by atoms with Gasteiger partial charge < -0.3 is 14.6 Å². The molecule has 1 atom stereocenters. The van der Waals surface area contributed by atoms with E-state index in [0.717, 1.165) is 13.2 Å². The fourth-order valence-corrected chi connectivity index (χ4v) is 1.86. The predicted molar refractivity (Wildman–Crippen MR) is 62.9 cm³/mol. The summed E-state index contributed by atoms with van der Waals surface area (Å²) >= 11 is 0. The molecule has 0 saturated heterocycles. The fourth-order valence-electron chi connectivity index (χ4n) is 1.86. The lowest BCUT2D eigenvalue weighted by Crippen LogP contribution is -2.21. The van der Waals surface area contributed by atoms with Crippen LogP contribution < -0.4 is 5.32 Å². The maximum atomic E-state index is 5.05. The predicted octanol–water partition coefficient (Wildman–Crippen LogP) is 2.05. The fraction of sp³-hybridized carbons (Fsp3) is 0.667. The molecule has 0 fully saturated rings. The van der Waals surface area contributed by atoms with Gasteiger partial charge in [-0.25, -0.2) is 0 Å². The lowest BCUT2D eigenvalue weighted by atomic mass is 9.99. The third kappa shape index (κ3) is 3.36. The molecule has 3 nitrogen and oxygen atoms in total. The first kappa shape index (κ1) is 12.3. The van der Waals surface area contributed by atoms with Crippen LogP contribution in [0.15, 0.2) is 18.5 Å². The minimum Gasteiger partial charge on any atom is -0.383 e. The third-order valence-electron chi connectivity index (χ3n) is 2.66. The Hall–Kier alpha value is -0.800. The standard InChI is InChI=1S/C12H22N2O/c1-10(2)12(13-3)11-5-6-14(9-11)7-8-15-4/h5-6,9-10,12-13H,7-8H2,1-4H3. The minimum absolute atomic E-state index is 0.439. The highest BCUT2D eigenvalue weighted by molar-refractivity contribution is 5.16. The molecule has 1 heterocycles. The molecule has 15 heavy (non-hydrogen) atoms. The van der Waals surface area contributed by atoms with Gasteiger partial charge in [-0.05, 0) is 24.6 Å². The quantitative estimate of drug-likeness (QED) is 0.777. The molecular formula is C12H22N2O. The van der Waals surface area contributed by atoms with Crippen LogP contribution in [0.5, 0.6) is 0 Å². The third-order valence-corrected chi connectivity index (χ3v) is 2.66. The molecule has 1 aromatic heterocycles. The van der Waals surface area contributed by atoms with Crippen LogP contribution >= 0.6 is 0 Å². The molecule has 0 aliphatic carbocycles. The molecule has 0 aliphatic heterocycles. The number of aromatic nitrogens is 1. The van der Waals surface area contributed by atoms with Crippen LogP contribution in [0, 0.1) is 5.92 Å². The van der Waals surface area contributed by atoms with E-state index in [9.17, 15) is 0 Å². The van der Waals surface area contributed by atoms with Gasteiger partial charge in [0.25, 0.3) is 0 Å².